The summed E-state index contributed by atoms with van der Waals surface area (Å²) in [4.78, 5) is 28.9. The van der Waals surface area contributed by atoms with Crippen molar-refractivity contribution < 1.29 is 4.79 Å². The molecule has 0 radical (unpaired) electrons. The SMILES string of the molecule is Cc1n[nH]nc1NC(=O)Cn1c(C)nc2ccccc2c1=O. The van der Waals surface area contributed by atoms with Crippen molar-refractivity contribution in [3.8, 4) is 0 Å². The van der Waals surface area contributed by atoms with E-state index in [9.17, 15) is 9.59 Å². The lowest BCUT2D eigenvalue weighted by Gasteiger charge is -2.10. The molecule has 22 heavy (non-hydrogen) atoms. The molecule has 1 aromatic carbocycles. The molecule has 2 aromatic heterocycles. The third-order valence-corrected chi connectivity index (χ3v) is 3.33. The molecule has 0 spiro atoms. The van der Waals surface area contributed by atoms with Crippen LogP contribution in [0.1, 0.15) is 11.5 Å². The van der Waals surface area contributed by atoms with Crippen molar-refractivity contribution in [2.75, 3.05) is 5.32 Å². The zero-order valence-electron chi connectivity index (χ0n) is 12.1. The van der Waals surface area contributed by atoms with Gasteiger partial charge in [-0.25, -0.2) is 4.98 Å². The molecule has 0 atom stereocenters. The number of carbonyl (C=O) groups excluding carboxylic acids is 1. The number of amides is 1. The number of anilines is 1. The van der Waals surface area contributed by atoms with Crippen LogP contribution < -0.4 is 10.9 Å². The molecule has 1 amide bonds. The number of H-pyrrole nitrogens is 1. The van der Waals surface area contributed by atoms with Crippen LogP contribution in [0.5, 0.6) is 0 Å². The summed E-state index contributed by atoms with van der Waals surface area (Å²) in [7, 11) is 0. The number of benzene rings is 1. The summed E-state index contributed by atoms with van der Waals surface area (Å²) in [5, 5.41) is 13.2. The molecule has 3 aromatic rings. The van der Waals surface area contributed by atoms with E-state index in [4.69, 9.17) is 0 Å². The van der Waals surface area contributed by atoms with Crippen molar-refractivity contribution in [1.29, 1.82) is 0 Å². The number of aromatic amines is 1. The monoisotopic (exact) mass is 298 g/mol. The van der Waals surface area contributed by atoms with Gasteiger partial charge >= 0.3 is 0 Å². The molecule has 112 valence electrons. The van der Waals surface area contributed by atoms with Crippen molar-refractivity contribution in [3.05, 3.63) is 46.1 Å². The largest absolute Gasteiger partial charge is 0.306 e. The fourth-order valence-electron chi connectivity index (χ4n) is 2.18. The second-order valence-corrected chi connectivity index (χ2v) is 4.87. The van der Waals surface area contributed by atoms with Crippen molar-refractivity contribution in [1.82, 2.24) is 25.0 Å². The van der Waals surface area contributed by atoms with Gasteiger partial charge in [-0.1, -0.05) is 12.1 Å². The third kappa shape index (κ3) is 2.46. The Balaban J connectivity index is 1.92. The maximum Gasteiger partial charge on any atom is 0.261 e. The number of aromatic nitrogens is 5. The Labute approximate surface area is 125 Å². The summed E-state index contributed by atoms with van der Waals surface area (Å²) in [6, 6.07) is 7.05. The topological polar surface area (TPSA) is 106 Å². The van der Waals surface area contributed by atoms with Crippen LogP contribution in [-0.4, -0.2) is 30.9 Å². The number of hydrogen-bond acceptors (Lipinski definition) is 5. The second-order valence-electron chi connectivity index (χ2n) is 4.87. The number of carbonyl (C=O) groups is 1. The van der Waals surface area contributed by atoms with Crippen LogP contribution in [0.2, 0.25) is 0 Å². The minimum absolute atomic E-state index is 0.130. The van der Waals surface area contributed by atoms with Crippen molar-refractivity contribution >= 4 is 22.6 Å². The van der Waals surface area contributed by atoms with Crippen LogP contribution in [0, 0.1) is 13.8 Å². The Morgan fingerprint density at radius 1 is 1.27 bits per heavy atom. The molecule has 0 bridgehead atoms. The first-order valence-corrected chi connectivity index (χ1v) is 6.69. The van der Waals surface area contributed by atoms with E-state index in [0.717, 1.165) is 0 Å². The van der Waals surface area contributed by atoms with Gasteiger partial charge in [0, 0.05) is 0 Å². The predicted octanol–water partition coefficient (Wildman–Crippen LogP) is 0.770. The van der Waals surface area contributed by atoms with E-state index in [1.165, 1.54) is 4.57 Å². The summed E-state index contributed by atoms with van der Waals surface area (Å²) in [6.45, 7) is 3.28. The van der Waals surface area contributed by atoms with Crippen molar-refractivity contribution in [3.63, 3.8) is 0 Å². The lowest BCUT2D eigenvalue weighted by atomic mass is 10.2. The average Bonchev–Trinajstić information content (AvgIpc) is 2.89. The quantitative estimate of drug-likeness (QED) is 0.743. The molecular formula is C14H14N6O2. The molecule has 0 saturated carbocycles. The van der Waals surface area contributed by atoms with Crippen LogP contribution in [0.3, 0.4) is 0 Å². The number of para-hydroxylation sites is 1. The van der Waals surface area contributed by atoms with E-state index in [-0.39, 0.29) is 18.0 Å². The molecule has 0 unspecified atom stereocenters. The molecule has 0 aliphatic heterocycles. The van der Waals surface area contributed by atoms with Gasteiger partial charge in [0.05, 0.1) is 10.9 Å². The number of fused-ring (bicyclic) bond motifs is 1. The van der Waals surface area contributed by atoms with Crippen molar-refractivity contribution in [2.45, 2.75) is 20.4 Å². The molecule has 0 saturated heterocycles. The second kappa shape index (κ2) is 5.40. The van der Waals surface area contributed by atoms with E-state index in [0.29, 0.717) is 28.2 Å². The van der Waals surface area contributed by atoms with Gasteiger partial charge in [-0.2, -0.15) is 10.3 Å². The lowest BCUT2D eigenvalue weighted by molar-refractivity contribution is -0.116. The normalized spacial score (nSPS) is 10.8. The van der Waals surface area contributed by atoms with Gasteiger partial charge in [0.15, 0.2) is 5.82 Å². The van der Waals surface area contributed by atoms with Crippen LogP contribution in [0.25, 0.3) is 10.9 Å². The highest BCUT2D eigenvalue weighted by Gasteiger charge is 2.13. The van der Waals surface area contributed by atoms with Crippen LogP contribution in [0.4, 0.5) is 5.82 Å². The molecule has 2 N–H and O–H groups in total. The van der Waals surface area contributed by atoms with E-state index in [1.54, 1.807) is 32.0 Å². The van der Waals surface area contributed by atoms with Crippen molar-refractivity contribution in [2.24, 2.45) is 0 Å². The number of nitrogens with zero attached hydrogens (tertiary/aromatic N) is 4. The van der Waals surface area contributed by atoms with Gasteiger partial charge in [0.25, 0.3) is 5.56 Å². The highest BCUT2D eigenvalue weighted by Crippen LogP contribution is 2.08. The average molecular weight is 298 g/mol. The van der Waals surface area contributed by atoms with Crippen LogP contribution in [0.15, 0.2) is 29.1 Å². The van der Waals surface area contributed by atoms with Gasteiger partial charge in [0.1, 0.15) is 18.1 Å². The Morgan fingerprint density at radius 3 is 2.77 bits per heavy atom. The zero-order chi connectivity index (χ0) is 15.7. The summed E-state index contributed by atoms with van der Waals surface area (Å²) >= 11 is 0. The minimum atomic E-state index is -0.362. The Morgan fingerprint density at radius 2 is 2.05 bits per heavy atom. The standard InChI is InChI=1S/C14H14N6O2/c1-8-13(18-19-17-8)16-12(21)7-20-9(2)15-11-6-4-3-5-10(11)14(20)22/h3-6H,7H2,1-2H3,(H2,16,17,18,19,21). The molecule has 0 aliphatic carbocycles. The van der Waals surface area contributed by atoms with Gasteiger partial charge in [0.2, 0.25) is 5.91 Å². The Hall–Kier alpha value is -3.03. The first-order valence-electron chi connectivity index (χ1n) is 6.69. The van der Waals surface area contributed by atoms with Gasteiger partial charge in [-0.15, -0.1) is 5.10 Å². The van der Waals surface area contributed by atoms with Gasteiger partial charge < -0.3 is 5.32 Å². The Kier molecular flexibility index (Phi) is 3.42. The predicted molar refractivity (Wildman–Crippen MR) is 80.5 cm³/mol. The lowest BCUT2D eigenvalue weighted by Crippen LogP contribution is -2.30. The summed E-state index contributed by atoms with van der Waals surface area (Å²) in [6.07, 6.45) is 0. The summed E-state index contributed by atoms with van der Waals surface area (Å²) < 4.78 is 1.34. The van der Waals surface area contributed by atoms with Crippen LogP contribution >= 0.6 is 0 Å². The third-order valence-electron chi connectivity index (χ3n) is 3.33. The Bertz CT molecular complexity index is 911. The van der Waals surface area contributed by atoms with Crippen LogP contribution in [-0.2, 0) is 11.3 Å². The number of hydrogen-bond donors (Lipinski definition) is 2. The molecule has 8 nitrogen and oxygen atoms in total. The number of nitrogens with one attached hydrogen (secondary N) is 2. The highest BCUT2D eigenvalue weighted by atomic mass is 16.2. The van der Waals surface area contributed by atoms with E-state index in [1.807, 2.05) is 6.07 Å². The zero-order valence-corrected chi connectivity index (χ0v) is 12.1. The summed E-state index contributed by atoms with van der Waals surface area (Å²) in [5.41, 5.74) is 0.957. The molecule has 0 aliphatic rings. The molecule has 0 fully saturated rings. The number of rotatable bonds is 3. The first-order chi connectivity index (χ1) is 10.6. The van der Waals surface area contributed by atoms with Gasteiger partial charge in [-0.05, 0) is 26.0 Å². The van der Waals surface area contributed by atoms with E-state index < -0.39 is 0 Å². The maximum atomic E-state index is 12.5. The molecule has 8 heteroatoms. The smallest absolute Gasteiger partial charge is 0.261 e. The molecular weight excluding hydrogens is 284 g/mol. The molecule has 2 heterocycles. The number of aryl methyl sites for hydroxylation is 2. The fraction of sp³-hybridized carbons (Fsp3) is 0.214. The molecule has 3 rings (SSSR count). The first kappa shape index (κ1) is 13.9. The van der Waals surface area contributed by atoms with E-state index >= 15 is 0 Å². The summed E-state index contributed by atoms with van der Waals surface area (Å²) in [5.74, 6) is 0.472. The maximum absolute atomic E-state index is 12.5. The van der Waals surface area contributed by atoms with Gasteiger partial charge in [-0.3, -0.25) is 14.2 Å². The minimum Gasteiger partial charge on any atom is -0.306 e. The highest BCUT2D eigenvalue weighted by molar-refractivity contribution is 5.90. The van der Waals surface area contributed by atoms with E-state index in [2.05, 4.69) is 25.7 Å². The fourth-order valence-corrected chi connectivity index (χ4v) is 2.18.